The fourth-order valence-corrected chi connectivity index (χ4v) is 2.98. The Morgan fingerprint density at radius 2 is 2.00 bits per heavy atom. The van der Waals surface area contributed by atoms with Crippen molar-refractivity contribution in [2.45, 2.75) is 20.3 Å². The summed E-state index contributed by atoms with van der Waals surface area (Å²) in [6.45, 7) is 5.08. The van der Waals surface area contributed by atoms with E-state index in [1.165, 1.54) is 5.56 Å². The molecule has 0 radical (unpaired) electrons. The van der Waals surface area contributed by atoms with Crippen LogP contribution in [0.25, 0.3) is 11.3 Å². The fourth-order valence-electron chi connectivity index (χ4n) is 2.03. The summed E-state index contributed by atoms with van der Waals surface area (Å²) in [5.41, 5.74) is 3.19. The molecule has 0 fully saturated rings. The summed E-state index contributed by atoms with van der Waals surface area (Å²) in [7, 11) is 1.62. The Morgan fingerprint density at radius 1 is 1.29 bits per heavy atom. The van der Waals surface area contributed by atoms with Gasteiger partial charge in [-0.25, -0.2) is 4.98 Å². The number of nitrogens with zero attached hydrogens (tertiary/aromatic N) is 1. The Bertz CT molecular complexity index is 605. The topological polar surface area (TPSA) is 51.2 Å². The van der Waals surface area contributed by atoms with E-state index in [2.05, 4.69) is 41.5 Å². The minimum atomic E-state index is 0.00376. The molecule has 5 heteroatoms. The van der Waals surface area contributed by atoms with Crippen LogP contribution in [0.2, 0.25) is 0 Å². The van der Waals surface area contributed by atoms with E-state index in [4.69, 9.17) is 4.74 Å². The number of aryl methyl sites for hydroxylation is 2. The molecule has 1 aromatic carbocycles. The molecule has 0 spiro atoms. The normalized spacial score (nSPS) is 10.6. The first-order chi connectivity index (χ1) is 10.1. The molecule has 112 valence electrons. The van der Waals surface area contributed by atoms with Crippen LogP contribution in [-0.4, -0.2) is 31.2 Å². The molecule has 2 rings (SSSR count). The van der Waals surface area contributed by atoms with Gasteiger partial charge in [-0.05, 0) is 13.8 Å². The Labute approximate surface area is 129 Å². The van der Waals surface area contributed by atoms with Crippen LogP contribution in [0.5, 0.6) is 0 Å². The first kappa shape index (κ1) is 15.7. The lowest BCUT2D eigenvalue weighted by Crippen LogP contribution is -2.28. The lowest BCUT2D eigenvalue weighted by atomic mass is 10.1. The molecule has 0 unspecified atom stereocenters. The second kappa shape index (κ2) is 7.33. The number of hydrogen-bond acceptors (Lipinski definition) is 4. The van der Waals surface area contributed by atoms with Crippen molar-refractivity contribution in [1.29, 1.82) is 0 Å². The third kappa shape index (κ3) is 4.37. The average Bonchev–Trinajstić information content (AvgIpc) is 2.80. The molecule has 0 bridgehead atoms. The highest BCUT2D eigenvalue weighted by Gasteiger charge is 2.14. The van der Waals surface area contributed by atoms with Crippen LogP contribution in [0.15, 0.2) is 24.3 Å². The van der Waals surface area contributed by atoms with E-state index in [9.17, 15) is 4.79 Å². The average molecular weight is 304 g/mol. The molecular weight excluding hydrogens is 284 g/mol. The van der Waals surface area contributed by atoms with Gasteiger partial charge >= 0.3 is 0 Å². The molecule has 1 aromatic heterocycles. The zero-order chi connectivity index (χ0) is 15.2. The van der Waals surface area contributed by atoms with Crippen LogP contribution in [0.1, 0.15) is 15.4 Å². The SMILES string of the molecule is COCCNC(=O)Cc1sc(C)nc1-c1ccc(C)cc1. The van der Waals surface area contributed by atoms with Crippen LogP contribution >= 0.6 is 11.3 Å². The third-order valence-electron chi connectivity index (χ3n) is 3.08. The Balaban J connectivity index is 2.13. The number of nitrogens with one attached hydrogen (secondary N) is 1. The number of thiazole rings is 1. The summed E-state index contributed by atoms with van der Waals surface area (Å²) < 4.78 is 4.93. The highest BCUT2D eigenvalue weighted by atomic mass is 32.1. The molecule has 4 nitrogen and oxygen atoms in total. The molecule has 1 N–H and O–H groups in total. The molecule has 0 saturated carbocycles. The zero-order valence-electron chi connectivity index (χ0n) is 12.6. The van der Waals surface area contributed by atoms with Gasteiger partial charge in [-0.3, -0.25) is 4.79 Å². The van der Waals surface area contributed by atoms with Crippen molar-refractivity contribution in [2.75, 3.05) is 20.3 Å². The monoisotopic (exact) mass is 304 g/mol. The van der Waals surface area contributed by atoms with Crippen molar-refractivity contribution in [1.82, 2.24) is 10.3 Å². The summed E-state index contributed by atoms with van der Waals surface area (Å²) >= 11 is 1.58. The van der Waals surface area contributed by atoms with Gasteiger partial charge in [0, 0.05) is 24.1 Å². The van der Waals surface area contributed by atoms with E-state index in [1.807, 2.05) is 6.92 Å². The second-order valence-electron chi connectivity index (χ2n) is 4.89. The first-order valence-corrected chi connectivity index (χ1v) is 7.71. The molecule has 0 aliphatic heterocycles. The highest BCUT2D eigenvalue weighted by molar-refractivity contribution is 7.12. The van der Waals surface area contributed by atoms with Crippen molar-refractivity contribution in [2.24, 2.45) is 0 Å². The van der Waals surface area contributed by atoms with E-state index in [1.54, 1.807) is 18.4 Å². The number of amides is 1. The van der Waals surface area contributed by atoms with Crippen molar-refractivity contribution in [3.8, 4) is 11.3 Å². The molecule has 0 saturated heterocycles. The first-order valence-electron chi connectivity index (χ1n) is 6.89. The molecule has 0 atom stereocenters. The fraction of sp³-hybridized carbons (Fsp3) is 0.375. The van der Waals surface area contributed by atoms with E-state index in [0.717, 1.165) is 21.1 Å². The standard InChI is InChI=1S/C16H20N2O2S/c1-11-4-6-13(7-5-11)16-14(21-12(2)18-16)10-15(19)17-8-9-20-3/h4-7H,8-10H2,1-3H3,(H,17,19). The van der Waals surface area contributed by atoms with Gasteiger partial charge in [0.15, 0.2) is 0 Å². The van der Waals surface area contributed by atoms with Gasteiger partial charge in [0.1, 0.15) is 0 Å². The number of aromatic nitrogens is 1. The predicted molar refractivity (Wildman–Crippen MR) is 85.6 cm³/mol. The van der Waals surface area contributed by atoms with Gasteiger partial charge in [-0.15, -0.1) is 11.3 Å². The summed E-state index contributed by atoms with van der Waals surface area (Å²) in [5, 5.41) is 3.82. The lowest BCUT2D eigenvalue weighted by molar-refractivity contribution is -0.120. The molecule has 1 heterocycles. The van der Waals surface area contributed by atoms with Crippen LogP contribution in [0.3, 0.4) is 0 Å². The van der Waals surface area contributed by atoms with Crippen molar-refractivity contribution in [3.63, 3.8) is 0 Å². The zero-order valence-corrected chi connectivity index (χ0v) is 13.4. The maximum absolute atomic E-state index is 11.9. The smallest absolute Gasteiger partial charge is 0.225 e. The Hall–Kier alpha value is -1.72. The Morgan fingerprint density at radius 3 is 2.67 bits per heavy atom. The lowest BCUT2D eigenvalue weighted by Gasteiger charge is -2.05. The predicted octanol–water partition coefficient (Wildman–Crippen LogP) is 2.73. The maximum Gasteiger partial charge on any atom is 0.225 e. The quantitative estimate of drug-likeness (QED) is 0.835. The minimum Gasteiger partial charge on any atom is -0.383 e. The molecule has 0 aliphatic carbocycles. The highest BCUT2D eigenvalue weighted by Crippen LogP contribution is 2.28. The summed E-state index contributed by atoms with van der Waals surface area (Å²) in [6.07, 6.45) is 0.360. The van der Waals surface area contributed by atoms with Crippen molar-refractivity contribution < 1.29 is 9.53 Å². The van der Waals surface area contributed by atoms with Crippen LogP contribution in [0.4, 0.5) is 0 Å². The molecule has 2 aromatic rings. The second-order valence-corrected chi connectivity index (χ2v) is 6.18. The van der Waals surface area contributed by atoms with Crippen LogP contribution < -0.4 is 5.32 Å². The number of carbonyl (C=O) groups excluding carboxylic acids is 1. The van der Waals surface area contributed by atoms with E-state index < -0.39 is 0 Å². The van der Waals surface area contributed by atoms with E-state index in [-0.39, 0.29) is 5.91 Å². The number of methoxy groups -OCH3 is 1. The number of benzene rings is 1. The van der Waals surface area contributed by atoms with E-state index >= 15 is 0 Å². The largest absolute Gasteiger partial charge is 0.383 e. The summed E-state index contributed by atoms with van der Waals surface area (Å²) in [6, 6.07) is 8.23. The van der Waals surface area contributed by atoms with Gasteiger partial charge in [0.05, 0.1) is 23.7 Å². The summed E-state index contributed by atoms with van der Waals surface area (Å²) in [5.74, 6) is 0.00376. The Kier molecular flexibility index (Phi) is 5.47. The number of hydrogen-bond donors (Lipinski definition) is 1. The summed E-state index contributed by atoms with van der Waals surface area (Å²) in [4.78, 5) is 17.5. The minimum absolute atomic E-state index is 0.00376. The van der Waals surface area contributed by atoms with Crippen LogP contribution in [0, 0.1) is 13.8 Å². The number of carbonyl (C=O) groups is 1. The van der Waals surface area contributed by atoms with Gasteiger partial charge in [0.25, 0.3) is 0 Å². The van der Waals surface area contributed by atoms with Crippen molar-refractivity contribution >= 4 is 17.2 Å². The molecule has 0 aliphatic rings. The van der Waals surface area contributed by atoms with Crippen molar-refractivity contribution in [3.05, 3.63) is 39.7 Å². The van der Waals surface area contributed by atoms with E-state index in [0.29, 0.717) is 19.6 Å². The molecule has 21 heavy (non-hydrogen) atoms. The van der Waals surface area contributed by atoms with Gasteiger partial charge in [0.2, 0.25) is 5.91 Å². The van der Waals surface area contributed by atoms with Gasteiger partial charge in [-0.1, -0.05) is 29.8 Å². The van der Waals surface area contributed by atoms with Gasteiger partial charge < -0.3 is 10.1 Å². The van der Waals surface area contributed by atoms with Crippen LogP contribution in [-0.2, 0) is 16.0 Å². The maximum atomic E-state index is 11.9. The van der Waals surface area contributed by atoms with Gasteiger partial charge in [-0.2, -0.15) is 0 Å². The third-order valence-corrected chi connectivity index (χ3v) is 4.05. The number of rotatable bonds is 6. The molecular formula is C16H20N2O2S. The molecule has 1 amide bonds. The number of ether oxygens (including phenoxy) is 1.